The lowest BCUT2D eigenvalue weighted by atomic mass is 10.1. The molecular formula is C23H19N3O6. The van der Waals surface area contributed by atoms with Gasteiger partial charge in [0.2, 0.25) is 0 Å². The standard InChI is InChI=1S/C23H19N3O6/c1-16-3-2-4-18(13-16)23(28)32-21-9-5-17(6-10-21)14-24-25-22(27)15-31-20-11-7-19(8-12-20)26(29)30/h2-14H,15H2,1H3,(H,25,27)/b24-14-. The van der Waals surface area contributed by atoms with Gasteiger partial charge in [0.25, 0.3) is 11.6 Å². The van der Waals surface area contributed by atoms with E-state index in [0.29, 0.717) is 22.6 Å². The van der Waals surface area contributed by atoms with E-state index in [-0.39, 0.29) is 12.3 Å². The molecule has 32 heavy (non-hydrogen) atoms. The number of non-ortho nitro benzene ring substituents is 1. The SMILES string of the molecule is Cc1cccc(C(=O)Oc2ccc(/C=N\NC(=O)COc3ccc([N+](=O)[O-])cc3)cc2)c1. The minimum atomic E-state index is -0.522. The van der Waals surface area contributed by atoms with Crippen molar-refractivity contribution in [2.24, 2.45) is 5.10 Å². The molecule has 162 valence electrons. The van der Waals surface area contributed by atoms with Crippen LogP contribution in [0.15, 0.2) is 77.9 Å². The minimum absolute atomic E-state index is 0.0673. The van der Waals surface area contributed by atoms with E-state index < -0.39 is 16.8 Å². The first-order valence-corrected chi connectivity index (χ1v) is 9.49. The average Bonchev–Trinajstić information content (AvgIpc) is 2.79. The van der Waals surface area contributed by atoms with Crippen molar-refractivity contribution in [3.05, 3.63) is 99.6 Å². The Bertz CT molecular complexity index is 1140. The van der Waals surface area contributed by atoms with Gasteiger partial charge in [-0.15, -0.1) is 0 Å². The molecule has 0 aliphatic heterocycles. The highest BCUT2D eigenvalue weighted by Crippen LogP contribution is 2.17. The van der Waals surface area contributed by atoms with E-state index >= 15 is 0 Å². The van der Waals surface area contributed by atoms with Gasteiger partial charge in [-0.05, 0) is 61.0 Å². The van der Waals surface area contributed by atoms with Crippen molar-refractivity contribution < 1.29 is 24.0 Å². The lowest BCUT2D eigenvalue weighted by Gasteiger charge is -2.05. The van der Waals surface area contributed by atoms with Crippen LogP contribution >= 0.6 is 0 Å². The molecule has 0 saturated heterocycles. The van der Waals surface area contributed by atoms with Crippen molar-refractivity contribution in [3.8, 4) is 11.5 Å². The second-order valence-electron chi connectivity index (χ2n) is 6.66. The van der Waals surface area contributed by atoms with E-state index in [1.165, 1.54) is 30.5 Å². The van der Waals surface area contributed by atoms with Gasteiger partial charge in [0.15, 0.2) is 6.61 Å². The van der Waals surface area contributed by atoms with Crippen LogP contribution in [0.5, 0.6) is 11.5 Å². The third kappa shape index (κ3) is 6.49. The lowest BCUT2D eigenvalue weighted by molar-refractivity contribution is -0.384. The molecule has 0 atom stereocenters. The molecule has 1 N–H and O–H groups in total. The summed E-state index contributed by atoms with van der Waals surface area (Å²) < 4.78 is 10.6. The van der Waals surface area contributed by atoms with Gasteiger partial charge in [0, 0.05) is 12.1 Å². The van der Waals surface area contributed by atoms with Crippen molar-refractivity contribution in [1.82, 2.24) is 5.43 Å². The normalized spacial score (nSPS) is 10.5. The maximum atomic E-state index is 12.2. The van der Waals surface area contributed by atoms with Crippen LogP contribution in [0.1, 0.15) is 21.5 Å². The fourth-order valence-corrected chi connectivity index (χ4v) is 2.58. The Morgan fingerprint density at radius 2 is 1.72 bits per heavy atom. The van der Waals surface area contributed by atoms with Gasteiger partial charge in [0.1, 0.15) is 11.5 Å². The van der Waals surface area contributed by atoms with Gasteiger partial charge >= 0.3 is 5.97 Å². The number of hydrogen-bond acceptors (Lipinski definition) is 7. The Morgan fingerprint density at radius 1 is 1.03 bits per heavy atom. The number of rotatable bonds is 8. The first-order valence-electron chi connectivity index (χ1n) is 9.49. The Kier molecular flexibility index (Phi) is 7.26. The quantitative estimate of drug-likeness (QED) is 0.190. The monoisotopic (exact) mass is 433 g/mol. The number of nitro benzene ring substituents is 1. The zero-order valence-corrected chi connectivity index (χ0v) is 17.1. The number of hydrogen-bond donors (Lipinski definition) is 1. The summed E-state index contributed by atoms with van der Waals surface area (Å²) in [4.78, 5) is 34.1. The highest BCUT2D eigenvalue weighted by Gasteiger charge is 2.09. The highest BCUT2D eigenvalue weighted by molar-refractivity contribution is 5.91. The fraction of sp³-hybridized carbons (Fsp3) is 0.0870. The molecule has 0 saturated carbocycles. The highest BCUT2D eigenvalue weighted by atomic mass is 16.6. The van der Waals surface area contributed by atoms with E-state index in [1.807, 2.05) is 13.0 Å². The second-order valence-corrected chi connectivity index (χ2v) is 6.66. The zero-order valence-electron chi connectivity index (χ0n) is 17.1. The number of carbonyl (C=O) groups is 2. The Hall–Kier alpha value is -4.53. The number of esters is 1. The predicted octanol–water partition coefficient (Wildman–Crippen LogP) is 3.65. The number of amides is 1. The molecular weight excluding hydrogens is 414 g/mol. The van der Waals surface area contributed by atoms with Crippen molar-refractivity contribution in [3.63, 3.8) is 0 Å². The van der Waals surface area contributed by atoms with Crippen LogP contribution in [0, 0.1) is 17.0 Å². The third-order valence-electron chi connectivity index (χ3n) is 4.16. The van der Waals surface area contributed by atoms with E-state index in [4.69, 9.17) is 9.47 Å². The van der Waals surface area contributed by atoms with E-state index in [2.05, 4.69) is 10.5 Å². The van der Waals surface area contributed by atoms with Crippen LogP contribution in [-0.4, -0.2) is 29.6 Å². The molecule has 0 unspecified atom stereocenters. The van der Waals surface area contributed by atoms with Crippen LogP contribution in [-0.2, 0) is 4.79 Å². The van der Waals surface area contributed by atoms with Gasteiger partial charge in [-0.25, -0.2) is 10.2 Å². The molecule has 0 heterocycles. The van der Waals surface area contributed by atoms with E-state index in [0.717, 1.165) is 5.56 Å². The third-order valence-corrected chi connectivity index (χ3v) is 4.16. The molecule has 9 heteroatoms. The lowest BCUT2D eigenvalue weighted by Crippen LogP contribution is -2.24. The molecule has 0 aliphatic rings. The number of ether oxygens (including phenoxy) is 2. The smallest absolute Gasteiger partial charge is 0.343 e. The fourth-order valence-electron chi connectivity index (χ4n) is 2.58. The van der Waals surface area contributed by atoms with E-state index in [9.17, 15) is 19.7 Å². The van der Waals surface area contributed by atoms with Gasteiger partial charge in [0.05, 0.1) is 16.7 Å². The summed E-state index contributed by atoms with van der Waals surface area (Å²) >= 11 is 0. The molecule has 3 aromatic rings. The van der Waals surface area contributed by atoms with Crippen molar-refractivity contribution in [1.29, 1.82) is 0 Å². The van der Waals surface area contributed by atoms with E-state index in [1.54, 1.807) is 42.5 Å². The number of nitro groups is 1. The molecule has 0 spiro atoms. The van der Waals surface area contributed by atoms with Gasteiger partial charge in [-0.3, -0.25) is 14.9 Å². The number of hydrazone groups is 1. The largest absolute Gasteiger partial charge is 0.484 e. The van der Waals surface area contributed by atoms with Crippen LogP contribution in [0.4, 0.5) is 5.69 Å². The summed E-state index contributed by atoms with van der Waals surface area (Å²) in [7, 11) is 0. The first-order chi connectivity index (χ1) is 15.4. The predicted molar refractivity (Wildman–Crippen MR) is 117 cm³/mol. The molecule has 3 aromatic carbocycles. The molecule has 3 rings (SSSR count). The molecule has 1 amide bonds. The van der Waals surface area contributed by atoms with Crippen LogP contribution in [0.3, 0.4) is 0 Å². The maximum absolute atomic E-state index is 12.2. The number of nitrogens with one attached hydrogen (secondary N) is 1. The average molecular weight is 433 g/mol. The van der Waals surface area contributed by atoms with Crippen molar-refractivity contribution >= 4 is 23.8 Å². The zero-order chi connectivity index (χ0) is 22.9. The summed E-state index contributed by atoms with van der Waals surface area (Å²) in [6, 6.07) is 19.1. The topological polar surface area (TPSA) is 120 Å². The molecule has 0 radical (unpaired) electrons. The number of carbonyl (C=O) groups excluding carboxylic acids is 2. The van der Waals surface area contributed by atoms with Gasteiger partial charge in [-0.2, -0.15) is 5.10 Å². The molecule has 0 bridgehead atoms. The molecule has 9 nitrogen and oxygen atoms in total. The Balaban J connectivity index is 1.45. The molecule has 0 aliphatic carbocycles. The summed E-state index contributed by atoms with van der Waals surface area (Å²) in [6.45, 7) is 1.59. The Morgan fingerprint density at radius 3 is 2.38 bits per heavy atom. The number of benzene rings is 3. The number of aryl methyl sites for hydroxylation is 1. The van der Waals surface area contributed by atoms with Crippen LogP contribution < -0.4 is 14.9 Å². The molecule has 0 aromatic heterocycles. The summed E-state index contributed by atoms with van der Waals surface area (Å²) in [5.41, 5.74) is 4.36. The maximum Gasteiger partial charge on any atom is 0.343 e. The van der Waals surface area contributed by atoms with Gasteiger partial charge in [-0.1, -0.05) is 17.7 Å². The summed E-state index contributed by atoms with van der Waals surface area (Å²) in [5, 5.41) is 14.4. The van der Waals surface area contributed by atoms with Crippen molar-refractivity contribution in [2.45, 2.75) is 6.92 Å². The number of nitrogens with zero attached hydrogens (tertiary/aromatic N) is 2. The summed E-state index contributed by atoms with van der Waals surface area (Å²) in [6.07, 6.45) is 1.43. The minimum Gasteiger partial charge on any atom is -0.484 e. The Labute approximate surface area is 183 Å². The molecule has 0 fully saturated rings. The van der Waals surface area contributed by atoms with Crippen molar-refractivity contribution in [2.75, 3.05) is 6.61 Å². The first kappa shape index (κ1) is 22.2. The summed E-state index contributed by atoms with van der Waals surface area (Å²) in [5.74, 6) is -0.238. The second kappa shape index (κ2) is 10.5. The van der Waals surface area contributed by atoms with Crippen LogP contribution in [0.25, 0.3) is 0 Å². The van der Waals surface area contributed by atoms with Gasteiger partial charge < -0.3 is 9.47 Å². The van der Waals surface area contributed by atoms with Crippen LogP contribution in [0.2, 0.25) is 0 Å².